The number of amides is 1. The van der Waals surface area contributed by atoms with Crippen molar-refractivity contribution in [3.63, 3.8) is 0 Å². The smallest absolute Gasteiger partial charge is 0.387 e. The van der Waals surface area contributed by atoms with Crippen LogP contribution in [0.25, 0.3) is 0 Å². The highest BCUT2D eigenvalue weighted by Crippen LogP contribution is 2.39. The highest BCUT2D eigenvalue weighted by molar-refractivity contribution is 5.95. The summed E-state index contributed by atoms with van der Waals surface area (Å²) >= 11 is 0. The number of benzene rings is 1. The molecule has 0 heterocycles. The Balaban J connectivity index is 3.16. The summed E-state index contributed by atoms with van der Waals surface area (Å²) in [5.74, 6) is -0.744. The highest BCUT2D eigenvalue weighted by atomic mass is 19.3. The van der Waals surface area contributed by atoms with Gasteiger partial charge in [-0.25, -0.2) is 0 Å². The lowest BCUT2D eigenvalue weighted by molar-refractivity contribution is -0.0526. The van der Waals surface area contributed by atoms with Gasteiger partial charge in [0.1, 0.15) is 0 Å². The molecule has 1 rings (SSSR count). The topological polar surface area (TPSA) is 82.8 Å². The molecule has 0 aromatic heterocycles. The molecule has 0 radical (unpaired) electrons. The van der Waals surface area contributed by atoms with Crippen LogP contribution in [0.3, 0.4) is 0 Å². The minimum Gasteiger partial charge on any atom is -0.493 e. The molecule has 0 aliphatic heterocycles. The molecule has 0 bridgehead atoms. The Labute approximate surface area is 121 Å². The predicted octanol–water partition coefficient (Wildman–Crippen LogP) is 1.38. The first-order valence-electron chi connectivity index (χ1n) is 6.14. The van der Waals surface area contributed by atoms with Gasteiger partial charge in [0.05, 0.1) is 14.2 Å². The van der Waals surface area contributed by atoms with E-state index in [0.717, 1.165) is 0 Å². The van der Waals surface area contributed by atoms with Crippen molar-refractivity contribution in [3.05, 3.63) is 17.7 Å². The molecule has 8 heteroatoms. The van der Waals surface area contributed by atoms with Gasteiger partial charge in [-0.3, -0.25) is 4.79 Å². The summed E-state index contributed by atoms with van der Waals surface area (Å²) in [5, 5.41) is 2.64. The Morgan fingerprint density at radius 1 is 1.29 bits per heavy atom. The van der Waals surface area contributed by atoms with E-state index < -0.39 is 12.5 Å². The molecule has 21 heavy (non-hydrogen) atoms. The first-order chi connectivity index (χ1) is 9.92. The number of carbonyl (C=O) groups is 1. The van der Waals surface area contributed by atoms with Crippen LogP contribution in [0.15, 0.2) is 12.1 Å². The molecule has 3 N–H and O–H groups in total. The SMILES string of the molecule is COc1cc(C(=O)N[C@@H](C)CN)cc(OC)c1OC(F)F. The highest BCUT2D eigenvalue weighted by Gasteiger charge is 2.20. The van der Waals surface area contributed by atoms with E-state index in [1.807, 2.05) is 0 Å². The molecule has 0 saturated carbocycles. The molecule has 0 spiro atoms. The molecule has 1 amide bonds. The van der Waals surface area contributed by atoms with Crippen LogP contribution < -0.4 is 25.3 Å². The van der Waals surface area contributed by atoms with Crippen molar-refractivity contribution < 1.29 is 27.8 Å². The number of ether oxygens (including phenoxy) is 3. The van der Waals surface area contributed by atoms with Crippen LogP contribution in [0.5, 0.6) is 17.2 Å². The maximum Gasteiger partial charge on any atom is 0.387 e. The molecular weight excluding hydrogens is 286 g/mol. The summed E-state index contributed by atoms with van der Waals surface area (Å²) in [6, 6.07) is 2.35. The van der Waals surface area contributed by atoms with Crippen LogP contribution in [-0.2, 0) is 0 Å². The lowest BCUT2D eigenvalue weighted by Gasteiger charge is -2.16. The van der Waals surface area contributed by atoms with Crippen molar-refractivity contribution in [2.75, 3.05) is 20.8 Å². The second-order valence-electron chi connectivity index (χ2n) is 4.20. The van der Waals surface area contributed by atoms with E-state index in [2.05, 4.69) is 10.1 Å². The number of nitrogens with one attached hydrogen (secondary N) is 1. The van der Waals surface area contributed by atoms with Gasteiger partial charge in [-0.1, -0.05) is 0 Å². The van der Waals surface area contributed by atoms with Crippen LogP contribution in [0.1, 0.15) is 17.3 Å². The number of hydrogen-bond acceptors (Lipinski definition) is 5. The third kappa shape index (κ3) is 4.45. The van der Waals surface area contributed by atoms with E-state index >= 15 is 0 Å². The average Bonchev–Trinajstić information content (AvgIpc) is 2.46. The number of carbonyl (C=O) groups excluding carboxylic acids is 1. The number of halogens is 2. The van der Waals surface area contributed by atoms with E-state index in [0.29, 0.717) is 0 Å². The van der Waals surface area contributed by atoms with Gasteiger partial charge in [0.15, 0.2) is 11.5 Å². The Bertz CT molecular complexity index is 472. The van der Waals surface area contributed by atoms with Crippen LogP contribution in [0.4, 0.5) is 8.78 Å². The predicted molar refractivity (Wildman–Crippen MR) is 72.2 cm³/mol. The molecule has 0 fully saturated rings. The second-order valence-corrected chi connectivity index (χ2v) is 4.20. The van der Waals surface area contributed by atoms with Crippen molar-refractivity contribution in [1.29, 1.82) is 0 Å². The van der Waals surface area contributed by atoms with E-state index in [1.165, 1.54) is 26.4 Å². The number of hydrogen-bond donors (Lipinski definition) is 2. The lowest BCUT2D eigenvalue weighted by Crippen LogP contribution is -2.37. The summed E-state index contributed by atoms with van der Waals surface area (Å²) < 4.78 is 39.1. The van der Waals surface area contributed by atoms with E-state index in [9.17, 15) is 13.6 Å². The van der Waals surface area contributed by atoms with Crippen molar-refractivity contribution in [2.24, 2.45) is 5.73 Å². The quantitative estimate of drug-likeness (QED) is 0.795. The fourth-order valence-electron chi connectivity index (χ4n) is 1.58. The van der Waals surface area contributed by atoms with Crippen LogP contribution in [-0.4, -0.2) is 39.3 Å². The molecule has 1 aromatic carbocycles. The van der Waals surface area contributed by atoms with E-state index in [4.69, 9.17) is 15.2 Å². The summed E-state index contributed by atoms with van der Waals surface area (Å²) in [7, 11) is 2.55. The average molecular weight is 304 g/mol. The molecule has 6 nitrogen and oxygen atoms in total. The van der Waals surface area contributed by atoms with Gasteiger partial charge < -0.3 is 25.3 Å². The fourth-order valence-corrected chi connectivity index (χ4v) is 1.58. The Morgan fingerprint density at radius 3 is 2.19 bits per heavy atom. The number of rotatable bonds is 7. The summed E-state index contributed by atoms with van der Waals surface area (Å²) in [5.41, 5.74) is 5.61. The minimum absolute atomic E-state index is 0.0276. The molecular formula is C13H18F2N2O4. The first kappa shape index (κ1) is 17.0. The largest absolute Gasteiger partial charge is 0.493 e. The molecule has 118 valence electrons. The van der Waals surface area contributed by atoms with Crippen LogP contribution >= 0.6 is 0 Å². The van der Waals surface area contributed by atoms with Gasteiger partial charge in [-0.05, 0) is 19.1 Å². The van der Waals surface area contributed by atoms with Crippen LogP contribution in [0, 0.1) is 0 Å². The Morgan fingerprint density at radius 2 is 1.81 bits per heavy atom. The number of methoxy groups -OCH3 is 2. The summed E-state index contributed by atoms with van der Waals surface area (Å²) in [4.78, 5) is 12.0. The molecule has 1 aromatic rings. The normalized spacial score (nSPS) is 12.0. The summed E-state index contributed by atoms with van der Waals surface area (Å²) in [6.07, 6.45) is 0. The van der Waals surface area contributed by atoms with Crippen molar-refractivity contribution in [3.8, 4) is 17.2 Å². The third-order valence-corrected chi connectivity index (χ3v) is 2.66. The summed E-state index contributed by atoms with van der Waals surface area (Å²) in [6.45, 7) is -1.03. The number of nitrogens with two attached hydrogens (primary N) is 1. The monoisotopic (exact) mass is 304 g/mol. The fraction of sp³-hybridized carbons (Fsp3) is 0.462. The third-order valence-electron chi connectivity index (χ3n) is 2.66. The zero-order chi connectivity index (χ0) is 16.0. The van der Waals surface area contributed by atoms with Gasteiger partial charge in [0, 0.05) is 18.2 Å². The molecule has 0 saturated heterocycles. The van der Waals surface area contributed by atoms with Gasteiger partial charge in [-0.15, -0.1) is 0 Å². The molecule has 1 atom stereocenters. The second kappa shape index (κ2) is 7.63. The minimum atomic E-state index is -3.04. The number of alkyl halides is 2. The molecule has 0 aliphatic carbocycles. The Hall–Kier alpha value is -2.09. The van der Waals surface area contributed by atoms with Crippen molar-refractivity contribution in [2.45, 2.75) is 19.6 Å². The first-order valence-corrected chi connectivity index (χ1v) is 6.14. The Kier molecular flexibility index (Phi) is 6.16. The van der Waals surface area contributed by atoms with Gasteiger partial charge in [0.25, 0.3) is 5.91 Å². The maximum atomic E-state index is 12.4. The van der Waals surface area contributed by atoms with Gasteiger partial charge >= 0.3 is 6.61 Å². The van der Waals surface area contributed by atoms with E-state index in [1.54, 1.807) is 6.92 Å². The zero-order valence-corrected chi connectivity index (χ0v) is 12.0. The van der Waals surface area contributed by atoms with Gasteiger partial charge in [0.2, 0.25) is 5.75 Å². The van der Waals surface area contributed by atoms with Crippen LogP contribution in [0.2, 0.25) is 0 Å². The van der Waals surface area contributed by atoms with Crippen molar-refractivity contribution >= 4 is 5.91 Å². The van der Waals surface area contributed by atoms with Gasteiger partial charge in [-0.2, -0.15) is 8.78 Å². The molecule has 0 unspecified atom stereocenters. The lowest BCUT2D eigenvalue weighted by atomic mass is 10.1. The van der Waals surface area contributed by atoms with Crippen molar-refractivity contribution in [1.82, 2.24) is 5.32 Å². The maximum absolute atomic E-state index is 12.4. The molecule has 0 aliphatic rings. The standard InChI is InChI=1S/C13H18F2N2O4/c1-7(6-16)17-12(18)8-4-9(19-2)11(21-13(14)15)10(5-8)20-3/h4-5,7,13H,6,16H2,1-3H3,(H,17,18)/t7-/m0/s1. The zero-order valence-electron chi connectivity index (χ0n) is 12.0. The van der Waals surface area contributed by atoms with E-state index in [-0.39, 0.29) is 35.4 Å².